The topological polar surface area (TPSA) is 22.1 Å². The van der Waals surface area contributed by atoms with Crippen LogP contribution in [0.3, 0.4) is 0 Å². The molecule has 6 heteroatoms. The molecule has 25 heavy (non-hydrogen) atoms. The maximum absolute atomic E-state index is 4.50. The van der Waals surface area contributed by atoms with Crippen LogP contribution in [0.15, 0.2) is 39.1 Å². The van der Waals surface area contributed by atoms with Crippen LogP contribution >= 0.6 is 27.3 Å². The maximum atomic E-state index is 4.50. The number of piperazine rings is 1. The van der Waals surface area contributed by atoms with E-state index in [2.05, 4.69) is 72.2 Å². The summed E-state index contributed by atoms with van der Waals surface area (Å²) in [5.74, 6) is 0. The summed E-state index contributed by atoms with van der Waals surface area (Å²) in [5, 5.41) is 2.14. The van der Waals surface area contributed by atoms with Crippen molar-refractivity contribution in [2.45, 2.75) is 13.5 Å². The Labute approximate surface area is 161 Å². The minimum atomic E-state index is 0.681. The molecular formula is C19H23BrN4S. The normalized spacial score (nSPS) is 18.6. The second-order valence-corrected chi connectivity index (χ2v) is 8.32. The fourth-order valence-corrected chi connectivity index (χ4v) is 5.14. The van der Waals surface area contributed by atoms with Gasteiger partial charge in [-0.15, -0.1) is 11.3 Å². The number of hydrogen-bond acceptors (Lipinski definition) is 5. The average molecular weight is 419 g/mol. The molecular weight excluding hydrogens is 396 g/mol. The molecule has 0 radical (unpaired) electrons. The quantitative estimate of drug-likeness (QED) is 0.743. The average Bonchev–Trinajstić information content (AvgIpc) is 3.04. The van der Waals surface area contributed by atoms with E-state index < -0.39 is 0 Å². The molecule has 0 atom stereocenters. The first-order valence-electron chi connectivity index (χ1n) is 8.82. The summed E-state index contributed by atoms with van der Waals surface area (Å²) in [6.45, 7) is 9.86. The number of anilines is 2. The number of nitrogens with zero attached hydrogens (tertiary/aromatic N) is 4. The van der Waals surface area contributed by atoms with Gasteiger partial charge in [0.05, 0.1) is 15.0 Å². The van der Waals surface area contributed by atoms with Gasteiger partial charge in [-0.1, -0.05) is 19.1 Å². The highest BCUT2D eigenvalue weighted by atomic mass is 79.9. The lowest BCUT2D eigenvalue weighted by Gasteiger charge is -2.34. The van der Waals surface area contributed by atoms with Gasteiger partial charge in [0.1, 0.15) is 6.67 Å². The Kier molecular flexibility index (Phi) is 5.22. The highest BCUT2D eigenvalue weighted by Gasteiger charge is 2.21. The molecule has 0 aliphatic carbocycles. The van der Waals surface area contributed by atoms with Crippen molar-refractivity contribution in [1.82, 2.24) is 9.80 Å². The zero-order valence-electron chi connectivity index (χ0n) is 14.5. The zero-order chi connectivity index (χ0) is 17.2. The molecule has 1 aromatic heterocycles. The van der Waals surface area contributed by atoms with Gasteiger partial charge in [0.25, 0.3) is 0 Å². The van der Waals surface area contributed by atoms with Crippen molar-refractivity contribution in [1.29, 1.82) is 0 Å². The minimum Gasteiger partial charge on any atom is -0.319 e. The van der Waals surface area contributed by atoms with E-state index in [0.29, 0.717) is 6.67 Å². The van der Waals surface area contributed by atoms with Crippen LogP contribution in [-0.4, -0.2) is 55.4 Å². The van der Waals surface area contributed by atoms with Gasteiger partial charge in [0, 0.05) is 50.0 Å². The molecule has 0 amide bonds. The van der Waals surface area contributed by atoms with E-state index in [0.717, 1.165) is 11.0 Å². The monoisotopic (exact) mass is 418 g/mol. The van der Waals surface area contributed by atoms with Crippen LogP contribution in [0.2, 0.25) is 0 Å². The van der Waals surface area contributed by atoms with Gasteiger partial charge in [-0.05, 0) is 40.2 Å². The maximum Gasteiger partial charge on any atom is 0.115 e. The number of hydrogen-bond donors (Lipinski definition) is 0. The Hall–Kier alpha value is -1.21. The number of halogens is 1. The Balaban J connectivity index is 1.44. The van der Waals surface area contributed by atoms with Crippen LogP contribution < -0.4 is 4.90 Å². The molecule has 0 bridgehead atoms. The molecule has 0 unspecified atom stereocenters. The van der Waals surface area contributed by atoms with E-state index in [9.17, 15) is 0 Å². The third kappa shape index (κ3) is 3.67. The van der Waals surface area contributed by atoms with Crippen molar-refractivity contribution in [2.75, 3.05) is 44.3 Å². The van der Waals surface area contributed by atoms with Gasteiger partial charge in [-0.25, -0.2) is 0 Å². The Morgan fingerprint density at radius 3 is 2.52 bits per heavy atom. The molecule has 2 aliphatic heterocycles. The number of aliphatic imine (C=N–C) groups is 1. The van der Waals surface area contributed by atoms with Gasteiger partial charge < -0.3 is 9.80 Å². The third-order valence-corrected chi connectivity index (χ3v) is 6.83. The fourth-order valence-electron chi connectivity index (χ4n) is 3.49. The summed E-state index contributed by atoms with van der Waals surface area (Å²) in [4.78, 5) is 13.1. The molecule has 1 aromatic carbocycles. The van der Waals surface area contributed by atoms with E-state index in [1.807, 2.05) is 6.21 Å². The van der Waals surface area contributed by atoms with E-state index in [1.54, 1.807) is 11.3 Å². The van der Waals surface area contributed by atoms with E-state index in [-0.39, 0.29) is 0 Å². The van der Waals surface area contributed by atoms with E-state index >= 15 is 0 Å². The molecule has 0 N–H and O–H groups in total. The van der Waals surface area contributed by atoms with E-state index in [4.69, 9.17) is 0 Å². The predicted molar refractivity (Wildman–Crippen MR) is 110 cm³/mol. The molecule has 3 heterocycles. The number of benzene rings is 1. The summed E-state index contributed by atoms with van der Waals surface area (Å²) >= 11 is 5.41. The highest BCUT2D eigenvalue weighted by Crippen LogP contribution is 2.40. The van der Waals surface area contributed by atoms with Gasteiger partial charge in [-0.3, -0.25) is 9.89 Å². The largest absolute Gasteiger partial charge is 0.319 e. The molecule has 2 aliphatic rings. The van der Waals surface area contributed by atoms with Crippen molar-refractivity contribution in [3.05, 3.63) is 44.6 Å². The van der Waals surface area contributed by atoms with Crippen LogP contribution in [0.1, 0.15) is 17.4 Å². The van der Waals surface area contributed by atoms with Crippen LogP contribution in [0.4, 0.5) is 11.4 Å². The molecule has 4 nitrogen and oxygen atoms in total. The van der Waals surface area contributed by atoms with Crippen molar-refractivity contribution < 1.29 is 0 Å². The lowest BCUT2D eigenvalue weighted by Crippen LogP contribution is -2.45. The molecule has 1 saturated heterocycles. The van der Waals surface area contributed by atoms with Crippen LogP contribution in [0.25, 0.3) is 0 Å². The Morgan fingerprint density at radius 2 is 1.80 bits per heavy atom. The Bertz CT molecular complexity index is 747. The number of rotatable bonds is 4. The minimum absolute atomic E-state index is 0.681. The van der Waals surface area contributed by atoms with E-state index in [1.165, 1.54) is 54.5 Å². The third-order valence-electron chi connectivity index (χ3n) is 5.02. The summed E-state index contributed by atoms with van der Waals surface area (Å²) in [5.41, 5.74) is 3.83. The second kappa shape index (κ2) is 7.58. The van der Waals surface area contributed by atoms with Crippen molar-refractivity contribution in [3.8, 4) is 0 Å². The lowest BCUT2D eigenvalue weighted by molar-refractivity contribution is 0.132. The SMILES string of the molecule is CCN1CCN(Cc2ccc(N3CN=Cc4scc(Br)c43)cc2)CC1. The molecule has 0 saturated carbocycles. The summed E-state index contributed by atoms with van der Waals surface area (Å²) in [7, 11) is 0. The van der Waals surface area contributed by atoms with Gasteiger partial charge in [0.2, 0.25) is 0 Å². The smallest absolute Gasteiger partial charge is 0.115 e. The second-order valence-electron chi connectivity index (χ2n) is 6.55. The lowest BCUT2D eigenvalue weighted by atomic mass is 10.1. The molecule has 0 spiro atoms. The first-order valence-corrected chi connectivity index (χ1v) is 10.5. The summed E-state index contributed by atoms with van der Waals surface area (Å²) < 4.78 is 1.15. The zero-order valence-corrected chi connectivity index (χ0v) is 16.9. The summed E-state index contributed by atoms with van der Waals surface area (Å²) in [6.07, 6.45) is 1.98. The number of likely N-dealkylation sites (N-methyl/N-ethyl adjacent to an activating group) is 1. The molecule has 132 valence electrons. The van der Waals surface area contributed by atoms with Crippen molar-refractivity contribution in [2.24, 2.45) is 4.99 Å². The Morgan fingerprint density at radius 1 is 1.08 bits per heavy atom. The van der Waals surface area contributed by atoms with Crippen LogP contribution in [0, 0.1) is 0 Å². The van der Waals surface area contributed by atoms with Crippen LogP contribution in [0.5, 0.6) is 0 Å². The fraction of sp³-hybridized carbons (Fsp3) is 0.421. The molecule has 1 fully saturated rings. The van der Waals surface area contributed by atoms with Crippen molar-refractivity contribution >= 4 is 44.9 Å². The number of thiophene rings is 1. The summed E-state index contributed by atoms with van der Waals surface area (Å²) in [6, 6.07) is 8.98. The van der Waals surface area contributed by atoms with Crippen LogP contribution in [-0.2, 0) is 6.54 Å². The molecule has 2 aromatic rings. The first kappa shape index (κ1) is 17.2. The van der Waals surface area contributed by atoms with Gasteiger partial charge in [0.15, 0.2) is 0 Å². The van der Waals surface area contributed by atoms with Gasteiger partial charge >= 0.3 is 0 Å². The first-order chi connectivity index (χ1) is 12.2. The van der Waals surface area contributed by atoms with Gasteiger partial charge in [-0.2, -0.15) is 0 Å². The molecule has 4 rings (SSSR count). The standard InChI is InChI=1S/C19H23BrN4S/c1-2-22-7-9-23(10-8-22)12-15-3-5-16(6-4-15)24-14-21-11-18-19(24)17(20)13-25-18/h3-6,11,13H,2,7-10,12,14H2,1H3. The predicted octanol–water partition coefficient (Wildman–Crippen LogP) is 4.18. The van der Waals surface area contributed by atoms with Crippen molar-refractivity contribution in [3.63, 3.8) is 0 Å². The highest BCUT2D eigenvalue weighted by molar-refractivity contribution is 9.10. The number of fused-ring (bicyclic) bond motifs is 1.